The maximum Gasteiger partial charge on any atom is 0.322 e. The molecule has 1 unspecified atom stereocenters. The number of nitrogens with zero attached hydrogens (tertiary/aromatic N) is 1. The van der Waals surface area contributed by atoms with Crippen LogP contribution in [0.4, 0.5) is 0 Å². The van der Waals surface area contributed by atoms with Gasteiger partial charge in [0.1, 0.15) is 0 Å². The van der Waals surface area contributed by atoms with E-state index >= 15 is 0 Å². The van der Waals surface area contributed by atoms with Crippen molar-refractivity contribution in [3.63, 3.8) is 0 Å². The van der Waals surface area contributed by atoms with Crippen LogP contribution in [-0.2, 0) is 9.53 Å². The van der Waals surface area contributed by atoms with Gasteiger partial charge >= 0.3 is 5.97 Å². The van der Waals surface area contributed by atoms with E-state index in [-0.39, 0.29) is 5.78 Å². The Labute approximate surface area is 135 Å². The Balaban J connectivity index is 2.30. The molecule has 0 aliphatic rings. The van der Waals surface area contributed by atoms with E-state index in [9.17, 15) is 9.59 Å². The fraction of sp³-hybridized carbons (Fsp3) is 0.211. The minimum absolute atomic E-state index is 0.306. The first-order valence-corrected chi connectivity index (χ1v) is 7.29. The minimum Gasteiger partial charge on any atom is -0.468 e. The molecule has 23 heavy (non-hydrogen) atoms. The molecule has 0 saturated heterocycles. The van der Waals surface area contributed by atoms with Crippen molar-refractivity contribution < 1.29 is 14.3 Å². The quantitative estimate of drug-likeness (QED) is 0.368. The van der Waals surface area contributed by atoms with Gasteiger partial charge in [0.15, 0.2) is 11.7 Å². The highest BCUT2D eigenvalue weighted by Crippen LogP contribution is 2.21. The van der Waals surface area contributed by atoms with Crippen LogP contribution >= 0.6 is 0 Å². The van der Waals surface area contributed by atoms with Crippen molar-refractivity contribution in [2.75, 3.05) is 14.2 Å². The molecule has 118 valence electrons. The lowest BCUT2D eigenvalue weighted by Gasteiger charge is -2.13. The molecule has 4 heteroatoms. The van der Waals surface area contributed by atoms with Crippen molar-refractivity contribution in [2.24, 2.45) is 10.9 Å². The minimum atomic E-state index is -0.993. The maximum absolute atomic E-state index is 12.6. The Morgan fingerprint density at radius 3 is 2.04 bits per heavy atom. The van der Waals surface area contributed by atoms with E-state index in [2.05, 4.69) is 4.99 Å². The van der Waals surface area contributed by atoms with Crippen LogP contribution in [0.3, 0.4) is 0 Å². The lowest BCUT2D eigenvalue weighted by molar-refractivity contribution is -0.141. The number of hydrogen-bond donors (Lipinski definition) is 0. The number of ether oxygens (including phenoxy) is 1. The summed E-state index contributed by atoms with van der Waals surface area (Å²) in [5.41, 5.74) is 2.98. The van der Waals surface area contributed by atoms with E-state index in [1.807, 2.05) is 42.5 Å². The molecular weight excluding hydrogens is 290 g/mol. The maximum atomic E-state index is 12.6. The summed E-state index contributed by atoms with van der Waals surface area (Å²) in [6.45, 7) is 1.65. The topological polar surface area (TPSA) is 55.7 Å². The number of carbonyl (C=O) groups excluding carboxylic acids is 2. The average molecular weight is 309 g/mol. The second kappa shape index (κ2) is 7.49. The molecule has 2 rings (SSSR count). The van der Waals surface area contributed by atoms with E-state index in [1.165, 1.54) is 7.11 Å². The van der Waals surface area contributed by atoms with Crippen molar-refractivity contribution in [2.45, 2.75) is 6.92 Å². The molecule has 0 amide bonds. The molecule has 0 bridgehead atoms. The Kier molecular flexibility index (Phi) is 5.41. The highest BCUT2D eigenvalue weighted by molar-refractivity contribution is 6.23. The van der Waals surface area contributed by atoms with Crippen molar-refractivity contribution in [1.29, 1.82) is 0 Å². The second-order valence-electron chi connectivity index (χ2n) is 5.13. The number of carbonyl (C=O) groups is 2. The van der Waals surface area contributed by atoms with Crippen LogP contribution in [0.1, 0.15) is 17.3 Å². The largest absolute Gasteiger partial charge is 0.468 e. The SMILES string of the molecule is C/N=C(\C)C(C(=O)OC)C(=O)c1ccc(-c2ccccc2)cc1. The summed E-state index contributed by atoms with van der Waals surface area (Å²) < 4.78 is 4.73. The van der Waals surface area contributed by atoms with E-state index in [4.69, 9.17) is 4.74 Å². The van der Waals surface area contributed by atoms with Gasteiger partial charge in [0.25, 0.3) is 0 Å². The molecule has 0 fully saturated rings. The first-order valence-electron chi connectivity index (χ1n) is 7.29. The van der Waals surface area contributed by atoms with Crippen LogP contribution in [0.2, 0.25) is 0 Å². The molecule has 0 aromatic heterocycles. The number of esters is 1. The van der Waals surface area contributed by atoms with E-state index < -0.39 is 11.9 Å². The van der Waals surface area contributed by atoms with Crippen molar-refractivity contribution in [3.8, 4) is 11.1 Å². The van der Waals surface area contributed by atoms with E-state index in [0.717, 1.165) is 11.1 Å². The van der Waals surface area contributed by atoms with Crippen LogP contribution in [0.15, 0.2) is 59.6 Å². The van der Waals surface area contributed by atoms with E-state index in [1.54, 1.807) is 26.1 Å². The Morgan fingerprint density at radius 1 is 0.957 bits per heavy atom. The monoisotopic (exact) mass is 309 g/mol. The predicted octanol–water partition coefficient (Wildman–Crippen LogP) is 3.42. The number of Topliss-reactive ketones (excluding diaryl/α,β-unsaturated/α-hetero) is 1. The Bertz CT molecular complexity index is 718. The summed E-state index contributed by atoms with van der Waals surface area (Å²) >= 11 is 0. The lowest BCUT2D eigenvalue weighted by atomic mass is 9.92. The van der Waals surface area contributed by atoms with Gasteiger partial charge in [0.2, 0.25) is 0 Å². The predicted molar refractivity (Wildman–Crippen MR) is 90.7 cm³/mol. The molecule has 2 aromatic rings. The van der Waals surface area contributed by atoms with Gasteiger partial charge in [0.05, 0.1) is 7.11 Å². The molecule has 0 aliphatic heterocycles. The van der Waals surface area contributed by atoms with Crippen LogP contribution in [-0.4, -0.2) is 31.6 Å². The third kappa shape index (κ3) is 3.72. The summed E-state index contributed by atoms with van der Waals surface area (Å²) in [4.78, 5) is 28.5. The van der Waals surface area contributed by atoms with Crippen LogP contribution in [0.5, 0.6) is 0 Å². The molecule has 0 spiro atoms. The van der Waals surface area contributed by atoms with Gasteiger partial charge in [-0.2, -0.15) is 0 Å². The summed E-state index contributed by atoms with van der Waals surface area (Å²) in [7, 11) is 2.82. The summed E-state index contributed by atoms with van der Waals surface area (Å²) in [5.74, 6) is -1.89. The molecule has 0 radical (unpaired) electrons. The highest BCUT2D eigenvalue weighted by atomic mass is 16.5. The molecule has 0 heterocycles. The van der Waals surface area contributed by atoms with Gasteiger partial charge in [-0.05, 0) is 18.1 Å². The van der Waals surface area contributed by atoms with Gasteiger partial charge < -0.3 is 4.74 Å². The first-order chi connectivity index (χ1) is 11.1. The number of rotatable bonds is 5. The normalized spacial score (nSPS) is 12.6. The zero-order chi connectivity index (χ0) is 16.8. The number of methoxy groups -OCH3 is 1. The average Bonchev–Trinajstić information content (AvgIpc) is 2.62. The third-order valence-corrected chi connectivity index (χ3v) is 3.75. The molecule has 1 atom stereocenters. The van der Waals surface area contributed by atoms with Gasteiger partial charge in [-0.25, -0.2) is 0 Å². The molecular formula is C19H19NO3. The van der Waals surface area contributed by atoms with Crippen LogP contribution in [0, 0.1) is 5.92 Å². The summed E-state index contributed by atoms with van der Waals surface area (Å²) in [6.07, 6.45) is 0. The Morgan fingerprint density at radius 2 is 1.52 bits per heavy atom. The third-order valence-electron chi connectivity index (χ3n) is 3.75. The van der Waals surface area contributed by atoms with Gasteiger partial charge in [0, 0.05) is 18.3 Å². The van der Waals surface area contributed by atoms with Gasteiger partial charge in [-0.15, -0.1) is 0 Å². The van der Waals surface area contributed by atoms with Crippen LogP contribution < -0.4 is 0 Å². The van der Waals surface area contributed by atoms with Crippen LogP contribution in [0.25, 0.3) is 11.1 Å². The molecule has 4 nitrogen and oxygen atoms in total. The number of ketones is 1. The van der Waals surface area contributed by atoms with Crippen molar-refractivity contribution >= 4 is 17.5 Å². The zero-order valence-corrected chi connectivity index (χ0v) is 13.4. The lowest BCUT2D eigenvalue weighted by Crippen LogP contribution is -2.31. The second-order valence-corrected chi connectivity index (χ2v) is 5.13. The van der Waals surface area contributed by atoms with Gasteiger partial charge in [-0.3, -0.25) is 14.6 Å². The molecule has 0 saturated carbocycles. The van der Waals surface area contributed by atoms with Gasteiger partial charge in [-0.1, -0.05) is 54.6 Å². The smallest absolute Gasteiger partial charge is 0.322 e. The summed E-state index contributed by atoms with van der Waals surface area (Å²) in [5, 5.41) is 0. The fourth-order valence-corrected chi connectivity index (χ4v) is 2.34. The zero-order valence-electron chi connectivity index (χ0n) is 13.4. The molecule has 0 aliphatic carbocycles. The number of benzene rings is 2. The van der Waals surface area contributed by atoms with Crippen molar-refractivity contribution in [3.05, 3.63) is 60.2 Å². The number of hydrogen-bond acceptors (Lipinski definition) is 4. The first kappa shape index (κ1) is 16.6. The molecule has 2 aromatic carbocycles. The fourth-order valence-electron chi connectivity index (χ4n) is 2.34. The highest BCUT2D eigenvalue weighted by Gasteiger charge is 2.31. The van der Waals surface area contributed by atoms with E-state index in [0.29, 0.717) is 11.3 Å². The van der Waals surface area contributed by atoms with Crippen molar-refractivity contribution in [1.82, 2.24) is 0 Å². The Hall–Kier alpha value is -2.75. The summed E-state index contributed by atoms with van der Waals surface area (Å²) in [6, 6.07) is 17.1. The number of aliphatic imine (C=N–C) groups is 1. The molecule has 0 N–H and O–H groups in total. The standard InChI is InChI=1S/C19H19NO3/c1-13(20-2)17(19(22)23-3)18(21)16-11-9-15(10-12-16)14-7-5-4-6-8-14/h4-12,17H,1-3H3/b20-13+.